The molecule has 0 radical (unpaired) electrons. The van der Waals surface area contributed by atoms with Crippen LogP contribution >= 0.6 is 0 Å². The number of hydrazine groups is 1. The summed E-state index contributed by atoms with van der Waals surface area (Å²) in [4.78, 5) is 6.09. The van der Waals surface area contributed by atoms with Gasteiger partial charge in [-0.05, 0) is 38.6 Å². The molecule has 5 nitrogen and oxygen atoms in total. The fraction of sp³-hybridized carbons (Fsp3) is 0.545. The highest BCUT2D eigenvalue weighted by Crippen LogP contribution is 2.10. The first-order valence-electron chi connectivity index (χ1n) is 5.23. The molecule has 1 aromatic heterocycles. The highest BCUT2D eigenvalue weighted by molar-refractivity contribution is 5.35. The number of aliphatic hydroxyl groups is 1. The van der Waals surface area contributed by atoms with Crippen molar-refractivity contribution in [3.63, 3.8) is 0 Å². The van der Waals surface area contributed by atoms with Crippen LogP contribution in [0.15, 0.2) is 18.3 Å². The van der Waals surface area contributed by atoms with Crippen molar-refractivity contribution >= 4 is 5.82 Å². The maximum atomic E-state index is 9.68. The molecule has 0 aliphatic heterocycles. The van der Waals surface area contributed by atoms with Crippen molar-refractivity contribution in [1.82, 2.24) is 9.88 Å². The molecule has 0 saturated carbocycles. The normalized spacial score (nSPS) is 11.9. The summed E-state index contributed by atoms with van der Waals surface area (Å²) in [5.41, 5.74) is 2.93. The minimum absolute atomic E-state index is 0.612. The molecule has 1 heterocycles. The predicted molar refractivity (Wildman–Crippen MR) is 64.7 cm³/mol. The number of nitrogens with zero attached hydrogens (tertiary/aromatic N) is 2. The molecule has 0 aliphatic carbocycles. The average Bonchev–Trinajstić information content (AvgIpc) is 2.15. The number of nitrogens with two attached hydrogens (primary N) is 1. The minimum Gasteiger partial charge on any atom is -0.389 e. The fourth-order valence-electron chi connectivity index (χ4n) is 1.68. The number of hydrogen-bond donors (Lipinski definition) is 3. The summed E-state index contributed by atoms with van der Waals surface area (Å²) in [6.45, 7) is 4.95. The molecule has 0 aliphatic rings. The third-order valence-electron chi connectivity index (χ3n) is 2.08. The molecule has 0 spiro atoms. The zero-order valence-electron chi connectivity index (χ0n) is 10.1. The molecule has 4 N–H and O–H groups in total. The molecule has 90 valence electrons. The summed E-state index contributed by atoms with van der Waals surface area (Å²) in [7, 11) is 1.97. The summed E-state index contributed by atoms with van der Waals surface area (Å²) >= 11 is 0. The third-order valence-corrected chi connectivity index (χ3v) is 2.08. The number of nitrogen functional groups attached to an aromatic ring is 1. The molecule has 0 atom stereocenters. The van der Waals surface area contributed by atoms with Crippen LogP contribution in [-0.2, 0) is 6.54 Å². The summed E-state index contributed by atoms with van der Waals surface area (Å²) in [6, 6.07) is 3.82. The van der Waals surface area contributed by atoms with Gasteiger partial charge in [-0.15, -0.1) is 0 Å². The Kier molecular flexibility index (Phi) is 4.23. The second-order valence-electron chi connectivity index (χ2n) is 4.68. The highest BCUT2D eigenvalue weighted by Gasteiger charge is 2.15. The van der Waals surface area contributed by atoms with E-state index in [9.17, 15) is 5.11 Å². The van der Waals surface area contributed by atoms with Crippen molar-refractivity contribution in [2.24, 2.45) is 5.84 Å². The molecule has 0 amide bonds. The molecule has 1 rings (SSSR count). The monoisotopic (exact) mass is 224 g/mol. The van der Waals surface area contributed by atoms with Gasteiger partial charge in [0.15, 0.2) is 0 Å². The predicted octanol–water partition coefficient (Wildman–Crippen LogP) is 0.570. The Bertz CT molecular complexity index is 335. The maximum Gasteiger partial charge on any atom is 0.140 e. The van der Waals surface area contributed by atoms with Crippen LogP contribution in [0.3, 0.4) is 0 Å². The SMILES string of the molecule is CN(Cc1ccnc(NN)c1)CC(C)(C)O. The number of anilines is 1. The number of pyridine rings is 1. The molecular formula is C11H20N4O. The molecule has 16 heavy (non-hydrogen) atoms. The van der Waals surface area contributed by atoms with Gasteiger partial charge in [0, 0.05) is 19.3 Å². The molecule has 5 heteroatoms. The van der Waals surface area contributed by atoms with Gasteiger partial charge < -0.3 is 10.5 Å². The van der Waals surface area contributed by atoms with E-state index in [0.29, 0.717) is 12.4 Å². The van der Waals surface area contributed by atoms with Gasteiger partial charge in [-0.3, -0.25) is 4.90 Å². The van der Waals surface area contributed by atoms with Crippen LogP contribution < -0.4 is 11.3 Å². The van der Waals surface area contributed by atoms with Gasteiger partial charge >= 0.3 is 0 Å². The first kappa shape index (κ1) is 12.9. The van der Waals surface area contributed by atoms with E-state index in [2.05, 4.69) is 15.3 Å². The average molecular weight is 224 g/mol. The zero-order valence-corrected chi connectivity index (χ0v) is 10.1. The van der Waals surface area contributed by atoms with Gasteiger partial charge in [-0.25, -0.2) is 10.8 Å². The maximum absolute atomic E-state index is 9.68. The smallest absolute Gasteiger partial charge is 0.140 e. The number of hydrogen-bond acceptors (Lipinski definition) is 5. The van der Waals surface area contributed by atoms with Gasteiger partial charge in [0.2, 0.25) is 0 Å². The standard InChI is InChI=1S/C11H20N4O/c1-11(2,16)8-15(3)7-9-4-5-13-10(6-9)14-12/h4-6,16H,7-8,12H2,1-3H3,(H,13,14). The molecule has 0 saturated heterocycles. The topological polar surface area (TPSA) is 74.4 Å². The van der Waals surface area contributed by atoms with E-state index < -0.39 is 5.60 Å². The van der Waals surface area contributed by atoms with E-state index in [1.54, 1.807) is 20.0 Å². The number of aromatic nitrogens is 1. The van der Waals surface area contributed by atoms with E-state index in [4.69, 9.17) is 5.84 Å². The molecule has 0 unspecified atom stereocenters. The van der Waals surface area contributed by atoms with Crippen LogP contribution in [0.25, 0.3) is 0 Å². The van der Waals surface area contributed by atoms with Crippen LogP contribution in [0.5, 0.6) is 0 Å². The fourth-order valence-corrected chi connectivity index (χ4v) is 1.68. The lowest BCUT2D eigenvalue weighted by molar-refractivity contribution is 0.0425. The summed E-state index contributed by atoms with van der Waals surface area (Å²) in [5.74, 6) is 5.93. The van der Waals surface area contributed by atoms with Crippen LogP contribution in [0.1, 0.15) is 19.4 Å². The number of likely N-dealkylation sites (N-methyl/N-ethyl adjacent to an activating group) is 1. The number of nitrogens with one attached hydrogen (secondary N) is 1. The van der Waals surface area contributed by atoms with E-state index >= 15 is 0 Å². The zero-order chi connectivity index (χ0) is 12.2. The Labute approximate surface area is 96.3 Å². The second kappa shape index (κ2) is 5.25. The quantitative estimate of drug-likeness (QED) is 0.503. The van der Waals surface area contributed by atoms with Crippen molar-refractivity contribution < 1.29 is 5.11 Å². The molecule has 0 aromatic carbocycles. The van der Waals surface area contributed by atoms with Gasteiger partial charge in [-0.2, -0.15) is 0 Å². The van der Waals surface area contributed by atoms with Crippen molar-refractivity contribution in [1.29, 1.82) is 0 Å². The Morgan fingerprint density at radius 3 is 2.81 bits per heavy atom. The Morgan fingerprint density at radius 2 is 2.25 bits per heavy atom. The molecule has 0 fully saturated rings. The van der Waals surface area contributed by atoms with Crippen LogP contribution in [0.4, 0.5) is 5.82 Å². The van der Waals surface area contributed by atoms with Crippen molar-refractivity contribution in [3.05, 3.63) is 23.9 Å². The van der Waals surface area contributed by atoms with Gasteiger partial charge in [0.25, 0.3) is 0 Å². The number of rotatable bonds is 5. The van der Waals surface area contributed by atoms with Crippen molar-refractivity contribution in [3.8, 4) is 0 Å². The van der Waals surface area contributed by atoms with Crippen molar-refractivity contribution in [2.45, 2.75) is 26.0 Å². The Hall–Kier alpha value is -1.17. The highest BCUT2D eigenvalue weighted by atomic mass is 16.3. The van der Waals surface area contributed by atoms with Crippen molar-refractivity contribution in [2.75, 3.05) is 19.0 Å². The molecular weight excluding hydrogens is 204 g/mol. The third kappa shape index (κ3) is 4.57. The van der Waals surface area contributed by atoms with Crippen LogP contribution in [0.2, 0.25) is 0 Å². The molecule has 0 bridgehead atoms. The second-order valence-corrected chi connectivity index (χ2v) is 4.68. The van der Waals surface area contributed by atoms with Gasteiger partial charge in [0.1, 0.15) is 5.82 Å². The van der Waals surface area contributed by atoms with Crippen LogP contribution in [0, 0.1) is 0 Å². The van der Waals surface area contributed by atoms with Gasteiger partial charge in [-0.1, -0.05) is 0 Å². The molecule has 1 aromatic rings. The summed E-state index contributed by atoms with van der Waals surface area (Å²) in [5, 5.41) is 9.68. The Balaban J connectivity index is 2.59. The summed E-state index contributed by atoms with van der Waals surface area (Å²) < 4.78 is 0. The van der Waals surface area contributed by atoms with E-state index in [0.717, 1.165) is 12.1 Å². The Morgan fingerprint density at radius 1 is 1.56 bits per heavy atom. The van der Waals surface area contributed by atoms with E-state index in [1.807, 2.05) is 19.2 Å². The van der Waals surface area contributed by atoms with Gasteiger partial charge in [0.05, 0.1) is 5.60 Å². The lowest BCUT2D eigenvalue weighted by Crippen LogP contribution is -2.35. The first-order valence-corrected chi connectivity index (χ1v) is 5.23. The lowest BCUT2D eigenvalue weighted by Gasteiger charge is -2.25. The van der Waals surface area contributed by atoms with E-state index in [-0.39, 0.29) is 0 Å². The lowest BCUT2D eigenvalue weighted by atomic mass is 10.1. The summed E-state index contributed by atoms with van der Waals surface area (Å²) in [6.07, 6.45) is 1.71. The van der Waals surface area contributed by atoms with E-state index in [1.165, 1.54) is 0 Å². The largest absolute Gasteiger partial charge is 0.389 e. The first-order chi connectivity index (χ1) is 7.40. The minimum atomic E-state index is -0.684. The van der Waals surface area contributed by atoms with Crippen LogP contribution in [-0.4, -0.2) is 34.2 Å².